The normalized spacial score (nSPS) is 15.8. The van der Waals surface area contributed by atoms with E-state index < -0.39 is 0 Å². The molecule has 91 valence electrons. The lowest BCUT2D eigenvalue weighted by Gasteiger charge is -2.36. The van der Waals surface area contributed by atoms with Crippen molar-refractivity contribution in [1.82, 2.24) is 9.97 Å². The van der Waals surface area contributed by atoms with Crippen LogP contribution in [0.5, 0.6) is 0 Å². The first kappa shape index (κ1) is 11.0. The second-order valence-corrected chi connectivity index (χ2v) is 4.28. The van der Waals surface area contributed by atoms with Crippen molar-refractivity contribution in [1.29, 1.82) is 0 Å². The summed E-state index contributed by atoms with van der Waals surface area (Å²) >= 11 is 0. The number of nitrogens with zero attached hydrogens (tertiary/aromatic N) is 4. The molecule has 0 spiro atoms. The Morgan fingerprint density at radius 3 is 2.17 bits per heavy atom. The molecule has 1 aliphatic heterocycles. The molecule has 0 aliphatic carbocycles. The molecule has 0 N–H and O–H groups in total. The number of anilines is 2. The van der Waals surface area contributed by atoms with Gasteiger partial charge >= 0.3 is 0 Å². The van der Waals surface area contributed by atoms with E-state index in [1.165, 1.54) is 5.69 Å². The van der Waals surface area contributed by atoms with Gasteiger partial charge in [-0.25, -0.2) is 9.97 Å². The van der Waals surface area contributed by atoms with Crippen LogP contribution in [0.15, 0.2) is 42.7 Å². The van der Waals surface area contributed by atoms with E-state index in [-0.39, 0.29) is 0 Å². The van der Waals surface area contributed by atoms with Gasteiger partial charge in [0, 0.05) is 44.3 Å². The van der Waals surface area contributed by atoms with Crippen LogP contribution in [0, 0.1) is 6.07 Å². The molecular formula is C14H15N4. The standard InChI is InChI=1S/C14H15N4/c1-2-5-13(6-3-1)17-9-11-18(12-10-17)14-15-7-4-8-16-14/h2-8H,9-12H2. The number of aromatic nitrogens is 2. The zero-order valence-electron chi connectivity index (χ0n) is 10.2. The van der Waals surface area contributed by atoms with Crippen LogP contribution >= 0.6 is 0 Å². The summed E-state index contributed by atoms with van der Waals surface area (Å²) in [7, 11) is 0. The van der Waals surface area contributed by atoms with Gasteiger partial charge in [-0.3, -0.25) is 0 Å². The molecular weight excluding hydrogens is 224 g/mol. The Morgan fingerprint density at radius 2 is 1.50 bits per heavy atom. The highest BCUT2D eigenvalue weighted by atomic mass is 15.3. The highest BCUT2D eigenvalue weighted by Gasteiger charge is 2.18. The van der Waals surface area contributed by atoms with Crippen molar-refractivity contribution in [2.75, 3.05) is 36.0 Å². The van der Waals surface area contributed by atoms with Gasteiger partial charge in [0.2, 0.25) is 5.95 Å². The maximum Gasteiger partial charge on any atom is 0.225 e. The highest BCUT2D eigenvalue weighted by Crippen LogP contribution is 2.17. The van der Waals surface area contributed by atoms with Crippen molar-refractivity contribution >= 4 is 11.6 Å². The van der Waals surface area contributed by atoms with Crippen molar-refractivity contribution in [3.05, 3.63) is 48.8 Å². The number of piperazine rings is 1. The monoisotopic (exact) mass is 239 g/mol. The Balaban J connectivity index is 1.65. The molecule has 18 heavy (non-hydrogen) atoms. The minimum atomic E-state index is 0.832. The summed E-state index contributed by atoms with van der Waals surface area (Å²) in [4.78, 5) is 13.2. The maximum absolute atomic E-state index is 4.29. The molecule has 2 heterocycles. The lowest BCUT2D eigenvalue weighted by Crippen LogP contribution is -2.47. The highest BCUT2D eigenvalue weighted by molar-refractivity contribution is 5.47. The van der Waals surface area contributed by atoms with E-state index in [1.54, 1.807) is 12.4 Å². The summed E-state index contributed by atoms with van der Waals surface area (Å²) < 4.78 is 0. The summed E-state index contributed by atoms with van der Waals surface area (Å²) in [5, 5.41) is 0. The second kappa shape index (κ2) is 5.04. The van der Waals surface area contributed by atoms with Crippen LogP contribution in [0.2, 0.25) is 0 Å². The number of hydrogen-bond donors (Lipinski definition) is 0. The van der Waals surface area contributed by atoms with E-state index in [0.29, 0.717) is 0 Å². The zero-order valence-corrected chi connectivity index (χ0v) is 10.2. The fourth-order valence-corrected chi connectivity index (χ4v) is 2.21. The molecule has 0 bridgehead atoms. The van der Waals surface area contributed by atoms with Crippen LogP contribution in [0.3, 0.4) is 0 Å². The minimum absolute atomic E-state index is 0.832. The number of benzene rings is 1. The first-order valence-corrected chi connectivity index (χ1v) is 6.16. The van der Waals surface area contributed by atoms with Crippen LogP contribution < -0.4 is 9.80 Å². The molecule has 0 saturated carbocycles. The van der Waals surface area contributed by atoms with Gasteiger partial charge in [0.15, 0.2) is 0 Å². The van der Waals surface area contributed by atoms with Gasteiger partial charge in [-0.15, -0.1) is 0 Å². The van der Waals surface area contributed by atoms with Gasteiger partial charge in [0.05, 0.1) is 0 Å². The van der Waals surface area contributed by atoms with E-state index in [9.17, 15) is 0 Å². The third kappa shape index (κ3) is 2.27. The molecule has 1 aliphatic rings. The van der Waals surface area contributed by atoms with Crippen LogP contribution in [-0.4, -0.2) is 36.1 Å². The molecule has 1 fully saturated rings. The van der Waals surface area contributed by atoms with Gasteiger partial charge in [-0.2, -0.15) is 0 Å². The van der Waals surface area contributed by atoms with E-state index in [2.05, 4.69) is 38.0 Å². The van der Waals surface area contributed by atoms with Crippen LogP contribution in [0.1, 0.15) is 0 Å². The third-order valence-corrected chi connectivity index (χ3v) is 3.18. The van der Waals surface area contributed by atoms with Crippen molar-refractivity contribution in [3.63, 3.8) is 0 Å². The van der Waals surface area contributed by atoms with Crippen LogP contribution in [0.25, 0.3) is 0 Å². The molecule has 0 unspecified atom stereocenters. The maximum atomic E-state index is 4.29. The van der Waals surface area contributed by atoms with Gasteiger partial charge < -0.3 is 9.80 Å². The van der Waals surface area contributed by atoms with E-state index in [4.69, 9.17) is 0 Å². The Kier molecular flexibility index (Phi) is 3.08. The smallest absolute Gasteiger partial charge is 0.225 e. The SMILES string of the molecule is [c]1ccc(N2CCN(c3ncccn3)CC2)cc1. The van der Waals surface area contributed by atoms with E-state index in [0.717, 1.165) is 32.1 Å². The molecule has 1 aromatic carbocycles. The van der Waals surface area contributed by atoms with Gasteiger partial charge in [-0.1, -0.05) is 12.1 Å². The predicted octanol–water partition coefficient (Wildman–Crippen LogP) is 1.60. The van der Waals surface area contributed by atoms with Gasteiger partial charge in [0.1, 0.15) is 0 Å². The van der Waals surface area contributed by atoms with Gasteiger partial charge in [0.25, 0.3) is 0 Å². The molecule has 4 heteroatoms. The van der Waals surface area contributed by atoms with Crippen molar-refractivity contribution in [2.45, 2.75) is 0 Å². The molecule has 4 nitrogen and oxygen atoms in total. The molecule has 0 atom stereocenters. The molecule has 1 aromatic heterocycles. The summed E-state index contributed by atoms with van der Waals surface area (Å²) in [6, 6.07) is 13.0. The fraction of sp³-hybridized carbons (Fsp3) is 0.286. The Labute approximate surface area is 107 Å². The summed E-state index contributed by atoms with van der Waals surface area (Å²) in [5.74, 6) is 0.832. The minimum Gasteiger partial charge on any atom is -0.368 e. The molecule has 3 rings (SSSR count). The van der Waals surface area contributed by atoms with Crippen LogP contribution in [0.4, 0.5) is 11.6 Å². The Hall–Kier alpha value is -2.10. The first-order chi connectivity index (χ1) is 8.93. The summed E-state index contributed by atoms with van der Waals surface area (Å²) in [5.41, 5.74) is 1.27. The topological polar surface area (TPSA) is 32.3 Å². The second-order valence-electron chi connectivity index (χ2n) is 4.28. The molecule has 2 aromatic rings. The predicted molar refractivity (Wildman–Crippen MR) is 71.7 cm³/mol. The summed E-state index contributed by atoms with van der Waals surface area (Å²) in [6.07, 6.45) is 3.59. The first-order valence-electron chi connectivity index (χ1n) is 6.16. The lowest BCUT2D eigenvalue weighted by molar-refractivity contribution is 0.640. The number of rotatable bonds is 2. The Bertz CT molecular complexity index is 430. The zero-order chi connectivity index (χ0) is 12.2. The fourth-order valence-electron chi connectivity index (χ4n) is 2.21. The van der Waals surface area contributed by atoms with E-state index >= 15 is 0 Å². The average Bonchev–Trinajstić information content (AvgIpc) is 2.49. The Morgan fingerprint density at radius 1 is 0.889 bits per heavy atom. The quantitative estimate of drug-likeness (QED) is 0.797. The summed E-state index contributed by atoms with van der Waals surface area (Å²) in [6.45, 7) is 3.93. The molecule has 1 radical (unpaired) electrons. The van der Waals surface area contributed by atoms with Crippen molar-refractivity contribution in [2.24, 2.45) is 0 Å². The van der Waals surface area contributed by atoms with E-state index in [1.807, 2.05) is 18.2 Å². The van der Waals surface area contributed by atoms with Crippen molar-refractivity contribution in [3.8, 4) is 0 Å². The number of hydrogen-bond acceptors (Lipinski definition) is 4. The lowest BCUT2D eigenvalue weighted by atomic mass is 10.2. The van der Waals surface area contributed by atoms with Crippen molar-refractivity contribution < 1.29 is 0 Å². The van der Waals surface area contributed by atoms with Gasteiger partial charge in [-0.05, 0) is 24.3 Å². The molecule has 1 saturated heterocycles. The largest absolute Gasteiger partial charge is 0.368 e. The average molecular weight is 239 g/mol. The third-order valence-electron chi connectivity index (χ3n) is 3.18. The molecule has 0 amide bonds. The van der Waals surface area contributed by atoms with Crippen LogP contribution in [-0.2, 0) is 0 Å².